The van der Waals surface area contributed by atoms with Gasteiger partial charge in [0.15, 0.2) is 0 Å². The van der Waals surface area contributed by atoms with E-state index in [9.17, 15) is 4.79 Å². The Kier molecular flexibility index (Phi) is 6.60. The number of hydrogen-bond acceptors (Lipinski definition) is 5. The van der Waals surface area contributed by atoms with E-state index in [2.05, 4.69) is 41.3 Å². The largest absolute Gasteiger partial charge is 0.374 e. The molecule has 3 heterocycles. The summed E-state index contributed by atoms with van der Waals surface area (Å²) in [6, 6.07) is 8.00. The summed E-state index contributed by atoms with van der Waals surface area (Å²) in [5.41, 5.74) is 1.07. The molecular weight excluding hydrogens is 348 g/mol. The first-order valence-corrected chi connectivity index (χ1v) is 9.69. The third kappa shape index (κ3) is 5.52. The SMILES string of the molecule is Cc1ccc(CN(Cc2ccncc2)C(=O)NC[C@H]2CN(C)CCO2)s1. The molecule has 1 saturated heterocycles. The summed E-state index contributed by atoms with van der Waals surface area (Å²) in [5.74, 6) is 0. The number of rotatable bonds is 6. The molecule has 26 heavy (non-hydrogen) atoms. The molecule has 6 nitrogen and oxygen atoms in total. The number of carbonyl (C=O) groups excluding carboxylic acids is 1. The van der Waals surface area contributed by atoms with Crippen molar-refractivity contribution in [3.8, 4) is 0 Å². The third-order valence-corrected chi connectivity index (χ3v) is 5.36. The molecule has 1 aliphatic rings. The van der Waals surface area contributed by atoms with E-state index in [0.717, 1.165) is 18.7 Å². The van der Waals surface area contributed by atoms with Crippen LogP contribution in [0.15, 0.2) is 36.7 Å². The number of carbonyl (C=O) groups is 1. The van der Waals surface area contributed by atoms with Crippen molar-refractivity contribution in [2.75, 3.05) is 33.3 Å². The molecule has 0 bridgehead atoms. The van der Waals surface area contributed by atoms with Crippen molar-refractivity contribution in [3.63, 3.8) is 0 Å². The van der Waals surface area contributed by atoms with Crippen LogP contribution in [0.1, 0.15) is 15.3 Å². The molecule has 0 spiro atoms. The molecular formula is C19H26N4O2S. The van der Waals surface area contributed by atoms with Crippen molar-refractivity contribution in [3.05, 3.63) is 52.0 Å². The zero-order valence-corrected chi connectivity index (χ0v) is 16.2. The monoisotopic (exact) mass is 374 g/mol. The lowest BCUT2D eigenvalue weighted by atomic mass is 10.2. The first kappa shape index (κ1) is 18.8. The van der Waals surface area contributed by atoms with E-state index in [0.29, 0.717) is 26.2 Å². The highest BCUT2D eigenvalue weighted by atomic mass is 32.1. The standard InChI is InChI=1S/C19H26N4O2S/c1-15-3-4-18(26-15)14-23(12-16-5-7-20-8-6-16)19(24)21-11-17-13-22(2)9-10-25-17/h3-8,17H,9-14H2,1-2H3,(H,21,24)/t17-/m0/s1. The number of amides is 2. The minimum atomic E-state index is -0.0651. The van der Waals surface area contributed by atoms with Gasteiger partial charge in [0.2, 0.25) is 0 Å². The fraction of sp³-hybridized carbons (Fsp3) is 0.474. The fourth-order valence-corrected chi connectivity index (χ4v) is 3.88. The lowest BCUT2D eigenvalue weighted by Gasteiger charge is -2.31. The molecule has 0 aromatic carbocycles. The number of aromatic nitrogens is 1. The van der Waals surface area contributed by atoms with Gasteiger partial charge in [0, 0.05) is 48.3 Å². The van der Waals surface area contributed by atoms with E-state index in [1.54, 1.807) is 23.7 Å². The molecule has 1 atom stereocenters. The van der Waals surface area contributed by atoms with Gasteiger partial charge in [0.25, 0.3) is 0 Å². The van der Waals surface area contributed by atoms with Crippen LogP contribution < -0.4 is 5.32 Å². The summed E-state index contributed by atoms with van der Waals surface area (Å²) in [5, 5.41) is 3.04. The summed E-state index contributed by atoms with van der Waals surface area (Å²) >= 11 is 1.73. The molecule has 0 aliphatic carbocycles. The number of urea groups is 1. The number of thiophene rings is 1. The van der Waals surface area contributed by atoms with Gasteiger partial charge in [0.05, 0.1) is 19.3 Å². The molecule has 0 unspecified atom stereocenters. The van der Waals surface area contributed by atoms with Crippen LogP contribution in [-0.2, 0) is 17.8 Å². The van der Waals surface area contributed by atoms with Crippen LogP contribution in [0.5, 0.6) is 0 Å². The average Bonchev–Trinajstić information content (AvgIpc) is 3.05. The van der Waals surface area contributed by atoms with Crippen LogP contribution in [0.25, 0.3) is 0 Å². The predicted molar refractivity (Wildman–Crippen MR) is 103 cm³/mol. The van der Waals surface area contributed by atoms with Crippen LogP contribution in [0.3, 0.4) is 0 Å². The van der Waals surface area contributed by atoms with Crippen LogP contribution in [0, 0.1) is 6.92 Å². The van der Waals surface area contributed by atoms with E-state index in [4.69, 9.17) is 4.74 Å². The van der Waals surface area contributed by atoms with E-state index in [-0.39, 0.29) is 12.1 Å². The Hall–Kier alpha value is -1.96. The fourth-order valence-electron chi connectivity index (χ4n) is 2.97. The van der Waals surface area contributed by atoms with Crippen molar-refractivity contribution in [2.24, 2.45) is 0 Å². The van der Waals surface area contributed by atoms with Crippen LogP contribution in [-0.4, -0.2) is 60.2 Å². The van der Waals surface area contributed by atoms with Crippen molar-refractivity contribution < 1.29 is 9.53 Å². The second kappa shape index (κ2) is 9.12. The van der Waals surface area contributed by atoms with Gasteiger partial charge in [-0.15, -0.1) is 11.3 Å². The molecule has 0 saturated carbocycles. The number of nitrogens with one attached hydrogen (secondary N) is 1. The number of hydrogen-bond donors (Lipinski definition) is 1. The summed E-state index contributed by atoms with van der Waals surface area (Å²) in [7, 11) is 2.08. The highest BCUT2D eigenvalue weighted by Crippen LogP contribution is 2.18. The number of pyridine rings is 1. The molecule has 2 aromatic rings. The average molecular weight is 375 g/mol. The molecule has 2 amide bonds. The highest BCUT2D eigenvalue weighted by Gasteiger charge is 2.21. The lowest BCUT2D eigenvalue weighted by molar-refractivity contribution is -0.0173. The Labute approximate surface area is 158 Å². The molecule has 0 radical (unpaired) electrons. The molecule has 1 fully saturated rings. The first-order valence-electron chi connectivity index (χ1n) is 8.87. The second-order valence-corrected chi connectivity index (χ2v) is 8.04. The van der Waals surface area contributed by atoms with Crippen LogP contribution >= 0.6 is 11.3 Å². The quantitative estimate of drug-likeness (QED) is 0.844. The minimum absolute atomic E-state index is 0.0458. The van der Waals surface area contributed by atoms with E-state index >= 15 is 0 Å². The number of nitrogens with zero attached hydrogens (tertiary/aromatic N) is 3. The zero-order chi connectivity index (χ0) is 18.4. The molecule has 1 aliphatic heterocycles. The normalized spacial score (nSPS) is 17.8. The minimum Gasteiger partial charge on any atom is -0.374 e. The smallest absolute Gasteiger partial charge is 0.318 e. The molecule has 7 heteroatoms. The zero-order valence-electron chi connectivity index (χ0n) is 15.4. The predicted octanol–water partition coefficient (Wildman–Crippen LogP) is 2.49. The first-order chi connectivity index (χ1) is 12.6. The number of likely N-dealkylation sites (N-methyl/N-ethyl adjacent to an activating group) is 1. The molecule has 140 valence electrons. The number of morpholine rings is 1. The van der Waals surface area contributed by atoms with Gasteiger partial charge in [-0.1, -0.05) is 0 Å². The molecule has 3 rings (SSSR count). The summed E-state index contributed by atoms with van der Waals surface area (Å²) in [4.78, 5) is 23.4. The summed E-state index contributed by atoms with van der Waals surface area (Å²) in [6.07, 6.45) is 3.56. The Morgan fingerprint density at radius 2 is 2.15 bits per heavy atom. The van der Waals surface area contributed by atoms with Gasteiger partial charge in [-0.05, 0) is 43.8 Å². The van der Waals surface area contributed by atoms with Crippen molar-refractivity contribution in [1.29, 1.82) is 0 Å². The Morgan fingerprint density at radius 1 is 1.35 bits per heavy atom. The second-order valence-electron chi connectivity index (χ2n) is 6.66. The summed E-state index contributed by atoms with van der Waals surface area (Å²) < 4.78 is 5.74. The summed E-state index contributed by atoms with van der Waals surface area (Å²) in [6.45, 7) is 6.25. The maximum absolute atomic E-state index is 12.8. The number of aryl methyl sites for hydroxylation is 1. The van der Waals surface area contributed by atoms with Gasteiger partial charge in [-0.2, -0.15) is 0 Å². The van der Waals surface area contributed by atoms with E-state index in [1.165, 1.54) is 9.75 Å². The third-order valence-electron chi connectivity index (χ3n) is 4.38. The topological polar surface area (TPSA) is 57.7 Å². The Bertz CT molecular complexity index is 707. The van der Waals surface area contributed by atoms with E-state index in [1.807, 2.05) is 17.0 Å². The van der Waals surface area contributed by atoms with Crippen LogP contribution in [0.4, 0.5) is 4.79 Å². The Morgan fingerprint density at radius 3 is 2.85 bits per heavy atom. The van der Waals surface area contributed by atoms with Crippen molar-refractivity contribution in [2.45, 2.75) is 26.1 Å². The van der Waals surface area contributed by atoms with Gasteiger partial charge in [-0.25, -0.2) is 4.79 Å². The molecule has 1 N–H and O–H groups in total. The van der Waals surface area contributed by atoms with Crippen molar-refractivity contribution in [1.82, 2.24) is 20.1 Å². The maximum Gasteiger partial charge on any atom is 0.318 e. The van der Waals surface area contributed by atoms with Gasteiger partial charge in [-0.3, -0.25) is 4.98 Å². The van der Waals surface area contributed by atoms with E-state index < -0.39 is 0 Å². The van der Waals surface area contributed by atoms with Gasteiger partial charge >= 0.3 is 6.03 Å². The van der Waals surface area contributed by atoms with Gasteiger partial charge < -0.3 is 19.9 Å². The maximum atomic E-state index is 12.8. The number of ether oxygens (including phenoxy) is 1. The Balaban J connectivity index is 1.62. The van der Waals surface area contributed by atoms with Crippen molar-refractivity contribution >= 4 is 17.4 Å². The highest BCUT2D eigenvalue weighted by molar-refractivity contribution is 7.11. The van der Waals surface area contributed by atoms with Crippen LogP contribution in [0.2, 0.25) is 0 Å². The molecule has 2 aromatic heterocycles. The lowest BCUT2D eigenvalue weighted by Crippen LogP contribution is -2.48. The van der Waals surface area contributed by atoms with Gasteiger partial charge in [0.1, 0.15) is 0 Å².